The molecule has 5 nitrogen and oxygen atoms in total. The van der Waals surface area contributed by atoms with Crippen molar-refractivity contribution in [1.82, 2.24) is 19.7 Å². The third-order valence-electron chi connectivity index (χ3n) is 5.07. The van der Waals surface area contributed by atoms with Gasteiger partial charge in [-0.05, 0) is 42.5 Å². The number of benzene rings is 2. The minimum Gasteiger partial charge on any atom is -0.338 e. The zero-order chi connectivity index (χ0) is 18.6. The Morgan fingerprint density at radius 3 is 2.81 bits per heavy atom. The third kappa shape index (κ3) is 3.76. The van der Waals surface area contributed by atoms with Gasteiger partial charge in [0.25, 0.3) is 0 Å². The average Bonchev–Trinajstić information content (AvgIpc) is 3.20. The second-order valence-electron chi connectivity index (χ2n) is 6.72. The minimum absolute atomic E-state index is 0.115. The van der Waals surface area contributed by atoms with Crippen molar-refractivity contribution in [2.75, 3.05) is 12.8 Å². The van der Waals surface area contributed by atoms with E-state index in [4.69, 9.17) is 0 Å². The summed E-state index contributed by atoms with van der Waals surface area (Å²) < 4.78 is 1.91. The van der Waals surface area contributed by atoms with Gasteiger partial charge in [0.1, 0.15) is 6.33 Å². The molecule has 1 aliphatic carbocycles. The van der Waals surface area contributed by atoms with Crippen LogP contribution in [-0.2, 0) is 11.2 Å². The molecule has 0 aliphatic heterocycles. The van der Waals surface area contributed by atoms with Gasteiger partial charge in [-0.3, -0.25) is 9.36 Å². The highest BCUT2D eigenvalue weighted by molar-refractivity contribution is 7.99. The van der Waals surface area contributed by atoms with Gasteiger partial charge in [-0.1, -0.05) is 54.2 Å². The van der Waals surface area contributed by atoms with Gasteiger partial charge in [0.15, 0.2) is 5.16 Å². The Labute approximate surface area is 163 Å². The predicted molar refractivity (Wildman–Crippen MR) is 107 cm³/mol. The van der Waals surface area contributed by atoms with Crippen LogP contribution in [0.5, 0.6) is 0 Å². The first-order valence-electron chi connectivity index (χ1n) is 9.16. The lowest BCUT2D eigenvalue weighted by atomic mass is 9.87. The first-order valence-corrected chi connectivity index (χ1v) is 10.1. The first kappa shape index (κ1) is 17.8. The Hall–Kier alpha value is -2.60. The molecule has 0 saturated heterocycles. The number of aryl methyl sites for hydroxylation is 1. The Bertz CT molecular complexity index is 925. The lowest BCUT2D eigenvalue weighted by Crippen LogP contribution is -2.34. The Kier molecular flexibility index (Phi) is 5.25. The van der Waals surface area contributed by atoms with Crippen molar-refractivity contribution in [2.45, 2.75) is 30.5 Å². The van der Waals surface area contributed by atoms with Crippen LogP contribution in [-0.4, -0.2) is 38.4 Å². The SMILES string of the molecule is CN(C(=O)CSc1nncn1-c1ccccc1)C1CCCc2ccccc21. The van der Waals surface area contributed by atoms with Crippen molar-refractivity contribution >= 4 is 17.7 Å². The molecule has 1 aliphatic rings. The van der Waals surface area contributed by atoms with E-state index >= 15 is 0 Å². The van der Waals surface area contributed by atoms with E-state index in [1.54, 1.807) is 6.33 Å². The number of amides is 1. The number of carbonyl (C=O) groups is 1. The Morgan fingerprint density at radius 2 is 1.96 bits per heavy atom. The second kappa shape index (κ2) is 7.96. The van der Waals surface area contributed by atoms with Crippen LogP contribution in [0.1, 0.15) is 30.0 Å². The summed E-state index contributed by atoms with van der Waals surface area (Å²) in [6, 6.07) is 18.6. The maximum Gasteiger partial charge on any atom is 0.233 e. The summed E-state index contributed by atoms with van der Waals surface area (Å²) in [6.07, 6.45) is 4.92. The van der Waals surface area contributed by atoms with Crippen LogP contribution in [0.3, 0.4) is 0 Å². The molecule has 0 saturated carbocycles. The summed E-state index contributed by atoms with van der Waals surface area (Å²) >= 11 is 1.43. The van der Waals surface area contributed by atoms with E-state index < -0.39 is 0 Å². The molecule has 0 fully saturated rings. The molecule has 2 aromatic carbocycles. The fraction of sp³-hybridized carbons (Fsp3) is 0.286. The van der Waals surface area contributed by atoms with Crippen LogP contribution < -0.4 is 0 Å². The summed E-state index contributed by atoms with van der Waals surface area (Å²) in [7, 11) is 1.91. The van der Waals surface area contributed by atoms with Crippen molar-refractivity contribution in [3.8, 4) is 5.69 Å². The molecule has 1 atom stereocenters. The molecule has 3 aromatic rings. The molecule has 4 rings (SSSR count). The molecule has 1 aromatic heterocycles. The number of nitrogens with zero attached hydrogens (tertiary/aromatic N) is 4. The average molecular weight is 379 g/mol. The van der Waals surface area contributed by atoms with Crippen LogP contribution in [0.25, 0.3) is 5.69 Å². The van der Waals surface area contributed by atoms with E-state index in [2.05, 4.69) is 34.5 Å². The summed E-state index contributed by atoms with van der Waals surface area (Å²) in [5.74, 6) is 0.463. The van der Waals surface area contributed by atoms with Gasteiger partial charge >= 0.3 is 0 Å². The monoisotopic (exact) mass is 378 g/mol. The van der Waals surface area contributed by atoms with Crippen molar-refractivity contribution in [1.29, 1.82) is 0 Å². The van der Waals surface area contributed by atoms with Crippen LogP contribution in [0.2, 0.25) is 0 Å². The van der Waals surface area contributed by atoms with E-state index in [0.717, 1.165) is 30.1 Å². The molecule has 138 valence electrons. The molecular formula is C21H22N4OS. The number of aromatic nitrogens is 3. The molecule has 1 heterocycles. The largest absolute Gasteiger partial charge is 0.338 e. The number of thioether (sulfide) groups is 1. The standard InChI is InChI=1S/C21H22N4OS/c1-24(19-13-7-9-16-8-5-6-12-18(16)19)20(26)14-27-21-23-22-15-25(21)17-10-3-2-4-11-17/h2-6,8,10-12,15,19H,7,9,13-14H2,1H3. The quantitative estimate of drug-likeness (QED) is 0.632. The van der Waals surface area contributed by atoms with Crippen LogP contribution in [0.15, 0.2) is 66.1 Å². The third-order valence-corrected chi connectivity index (χ3v) is 6.00. The Morgan fingerprint density at radius 1 is 1.19 bits per heavy atom. The first-order chi connectivity index (χ1) is 13.2. The topological polar surface area (TPSA) is 51.0 Å². The molecule has 1 unspecified atom stereocenters. The zero-order valence-corrected chi connectivity index (χ0v) is 16.1. The van der Waals surface area contributed by atoms with Crippen LogP contribution >= 0.6 is 11.8 Å². The Balaban J connectivity index is 1.45. The lowest BCUT2D eigenvalue weighted by molar-refractivity contribution is -0.129. The van der Waals surface area contributed by atoms with Crippen LogP contribution in [0.4, 0.5) is 0 Å². The van der Waals surface area contributed by atoms with Gasteiger partial charge in [-0.2, -0.15) is 0 Å². The zero-order valence-electron chi connectivity index (χ0n) is 15.3. The minimum atomic E-state index is 0.115. The molecule has 27 heavy (non-hydrogen) atoms. The lowest BCUT2D eigenvalue weighted by Gasteiger charge is -2.33. The van der Waals surface area contributed by atoms with Gasteiger partial charge in [0, 0.05) is 12.7 Å². The van der Waals surface area contributed by atoms with Gasteiger partial charge in [-0.15, -0.1) is 10.2 Å². The predicted octanol–water partition coefficient (Wildman–Crippen LogP) is 3.90. The number of fused-ring (bicyclic) bond motifs is 1. The number of carbonyl (C=O) groups excluding carboxylic acids is 1. The summed E-state index contributed by atoms with van der Waals surface area (Å²) in [5, 5.41) is 8.91. The van der Waals surface area contributed by atoms with Gasteiger partial charge in [0.2, 0.25) is 5.91 Å². The van der Waals surface area contributed by atoms with Gasteiger partial charge in [-0.25, -0.2) is 0 Å². The highest BCUT2D eigenvalue weighted by Gasteiger charge is 2.26. The van der Waals surface area contributed by atoms with Crippen molar-refractivity contribution < 1.29 is 4.79 Å². The summed E-state index contributed by atoms with van der Waals surface area (Å²) in [4.78, 5) is 14.7. The molecular weight excluding hydrogens is 356 g/mol. The van der Waals surface area contributed by atoms with E-state index in [9.17, 15) is 4.79 Å². The summed E-state index contributed by atoms with van der Waals surface area (Å²) in [5.41, 5.74) is 3.65. The van der Waals surface area contributed by atoms with Crippen LogP contribution in [0, 0.1) is 0 Å². The molecule has 0 N–H and O–H groups in total. The van der Waals surface area contributed by atoms with Crippen molar-refractivity contribution in [2.24, 2.45) is 0 Å². The number of hydrogen-bond donors (Lipinski definition) is 0. The number of hydrogen-bond acceptors (Lipinski definition) is 4. The van der Waals surface area contributed by atoms with Crippen molar-refractivity contribution in [3.05, 3.63) is 72.1 Å². The second-order valence-corrected chi connectivity index (χ2v) is 7.66. The van der Waals surface area contributed by atoms with Gasteiger partial charge in [0.05, 0.1) is 11.8 Å². The van der Waals surface area contributed by atoms with Gasteiger partial charge < -0.3 is 4.90 Å². The molecule has 6 heteroatoms. The molecule has 0 bridgehead atoms. The fourth-order valence-corrected chi connectivity index (χ4v) is 4.47. The van der Waals surface area contributed by atoms with E-state index in [1.165, 1.54) is 22.9 Å². The van der Waals surface area contributed by atoms with E-state index in [0.29, 0.717) is 5.75 Å². The highest BCUT2D eigenvalue weighted by atomic mass is 32.2. The normalized spacial score (nSPS) is 16.0. The maximum atomic E-state index is 12.8. The van der Waals surface area contributed by atoms with Crippen molar-refractivity contribution in [3.63, 3.8) is 0 Å². The fourth-order valence-electron chi connectivity index (χ4n) is 3.62. The molecule has 0 radical (unpaired) electrons. The molecule has 1 amide bonds. The van der Waals surface area contributed by atoms with E-state index in [1.807, 2.05) is 46.8 Å². The summed E-state index contributed by atoms with van der Waals surface area (Å²) in [6.45, 7) is 0. The number of para-hydroxylation sites is 1. The smallest absolute Gasteiger partial charge is 0.233 e. The number of rotatable bonds is 5. The van der Waals surface area contributed by atoms with E-state index in [-0.39, 0.29) is 11.9 Å². The molecule has 0 spiro atoms. The maximum absolute atomic E-state index is 12.8. The highest BCUT2D eigenvalue weighted by Crippen LogP contribution is 2.34.